The zero-order valence-electron chi connectivity index (χ0n) is 14.2. The van der Waals surface area contributed by atoms with E-state index in [1.165, 1.54) is 7.11 Å². The first-order valence-corrected chi connectivity index (χ1v) is 7.61. The average Bonchev–Trinajstić information content (AvgIpc) is 2.63. The lowest BCUT2D eigenvalue weighted by Crippen LogP contribution is -2.30. The molecule has 1 N–H and O–H groups in total. The summed E-state index contributed by atoms with van der Waals surface area (Å²) >= 11 is 0. The number of methoxy groups -OCH3 is 1. The molecule has 2 aromatic carbocycles. The van der Waals surface area contributed by atoms with Crippen molar-refractivity contribution in [2.24, 2.45) is 0 Å². The third kappa shape index (κ3) is 4.58. The zero-order chi connectivity index (χ0) is 18.4. The summed E-state index contributed by atoms with van der Waals surface area (Å²) in [6, 6.07) is 13.4. The van der Waals surface area contributed by atoms with Gasteiger partial charge in [-0.15, -0.1) is 0 Å². The van der Waals surface area contributed by atoms with Gasteiger partial charge in [-0.3, -0.25) is 4.79 Å². The quantitative estimate of drug-likeness (QED) is 0.847. The van der Waals surface area contributed by atoms with Crippen molar-refractivity contribution in [1.82, 2.24) is 0 Å². The van der Waals surface area contributed by atoms with Crippen molar-refractivity contribution >= 4 is 17.6 Å². The summed E-state index contributed by atoms with van der Waals surface area (Å²) in [7, 11) is 1.30. The molecule has 0 saturated heterocycles. The second-order valence-electron chi connectivity index (χ2n) is 5.41. The monoisotopic (exact) mass is 338 g/mol. The van der Waals surface area contributed by atoms with Crippen molar-refractivity contribution in [3.8, 4) is 11.8 Å². The number of hydrogen-bond acceptors (Lipinski definition) is 5. The molecule has 0 bridgehead atoms. The molecular formula is C19H18N2O4. The number of carbonyl (C=O) groups is 2. The first kappa shape index (κ1) is 18.0. The van der Waals surface area contributed by atoms with E-state index in [0.29, 0.717) is 22.6 Å². The Bertz CT molecular complexity index is 822. The number of rotatable bonds is 5. The van der Waals surface area contributed by atoms with Gasteiger partial charge in [-0.05, 0) is 55.8 Å². The van der Waals surface area contributed by atoms with E-state index in [0.717, 1.165) is 5.56 Å². The van der Waals surface area contributed by atoms with Crippen LogP contribution in [0.2, 0.25) is 0 Å². The van der Waals surface area contributed by atoms with Crippen LogP contribution in [0.25, 0.3) is 0 Å². The van der Waals surface area contributed by atoms with Crippen molar-refractivity contribution in [3.63, 3.8) is 0 Å². The maximum atomic E-state index is 12.3. The van der Waals surface area contributed by atoms with Gasteiger partial charge < -0.3 is 14.8 Å². The Balaban J connectivity index is 2.07. The van der Waals surface area contributed by atoms with Gasteiger partial charge in [0.15, 0.2) is 6.10 Å². The van der Waals surface area contributed by atoms with Crippen LogP contribution in [0.5, 0.6) is 5.75 Å². The van der Waals surface area contributed by atoms with E-state index in [-0.39, 0.29) is 5.91 Å². The van der Waals surface area contributed by atoms with E-state index in [2.05, 4.69) is 10.1 Å². The van der Waals surface area contributed by atoms with E-state index in [1.54, 1.807) is 49.4 Å². The van der Waals surface area contributed by atoms with Gasteiger partial charge in [0, 0.05) is 5.69 Å². The molecule has 1 atom stereocenters. The largest absolute Gasteiger partial charge is 0.481 e. The second kappa shape index (κ2) is 7.97. The van der Waals surface area contributed by atoms with Crippen LogP contribution in [-0.2, 0) is 9.53 Å². The molecule has 0 spiro atoms. The van der Waals surface area contributed by atoms with Crippen molar-refractivity contribution in [1.29, 1.82) is 5.26 Å². The standard InChI is InChI=1S/C19H18N2O4/c1-12-4-7-15(19(23)24-3)10-17(12)21-18(22)13(2)25-16-8-5-14(11-20)6-9-16/h4-10,13H,1-3H3,(H,21,22)/t13-/m1/s1. The number of benzene rings is 2. The van der Waals surface area contributed by atoms with Crippen molar-refractivity contribution in [3.05, 3.63) is 59.2 Å². The Morgan fingerprint density at radius 2 is 1.84 bits per heavy atom. The van der Waals surface area contributed by atoms with E-state index < -0.39 is 12.1 Å². The molecule has 0 aromatic heterocycles. The summed E-state index contributed by atoms with van der Waals surface area (Å²) in [6.45, 7) is 3.44. The Morgan fingerprint density at radius 1 is 1.16 bits per heavy atom. The number of aryl methyl sites for hydroxylation is 1. The van der Waals surface area contributed by atoms with Crippen molar-refractivity contribution in [2.45, 2.75) is 20.0 Å². The molecule has 0 heterocycles. The lowest BCUT2D eigenvalue weighted by atomic mass is 10.1. The fraction of sp³-hybridized carbons (Fsp3) is 0.211. The first-order chi connectivity index (χ1) is 11.9. The summed E-state index contributed by atoms with van der Waals surface area (Å²) in [5, 5.41) is 11.5. The molecule has 2 aromatic rings. The van der Waals surface area contributed by atoms with Gasteiger partial charge in [0.2, 0.25) is 0 Å². The molecule has 0 radical (unpaired) electrons. The lowest BCUT2D eigenvalue weighted by Gasteiger charge is -2.16. The van der Waals surface area contributed by atoms with Crippen LogP contribution in [0.15, 0.2) is 42.5 Å². The molecule has 6 nitrogen and oxygen atoms in total. The van der Waals surface area contributed by atoms with Gasteiger partial charge in [-0.2, -0.15) is 5.26 Å². The third-order valence-electron chi connectivity index (χ3n) is 3.58. The predicted octanol–water partition coefficient (Wildman–Crippen LogP) is 3.06. The maximum absolute atomic E-state index is 12.3. The van der Waals surface area contributed by atoms with E-state index in [9.17, 15) is 9.59 Å². The average molecular weight is 338 g/mol. The number of esters is 1. The molecule has 0 saturated carbocycles. The number of nitriles is 1. The number of hydrogen-bond donors (Lipinski definition) is 1. The summed E-state index contributed by atoms with van der Waals surface area (Å²) in [5.41, 5.74) is 2.19. The smallest absolute Gasteiger partial charge is 0.337 e. The minimum absolute atomic E-state index is 0.351. The number of anilines is 1. The molecule has 0 unspecified atom stereocenters. The van der Waals surface area contributed by atoms with Gasteiger partial charge in [0.05, 0.1) is 24.3 Å². The van der Waals surface area contributed by atoms with Gasteiger partial charge in [0.1, 0.15) is 5.75 Å². The number of amides is 1. The highest BCUT2D eigenvalue weighted by atomic mass is 16.5. The fourth-order valence-corrected chi connectivity index (χ4v) is 2.10. The molecule has 0 aliphatic carbocycles. The van der Waals surface area contributed by atoms with Gasteiger partial charge in [-0.1, -0.05) is 6.07 Å². The lowest BCUT2D eigenvalue weighted by molar-refractivity contribution is -0.122. The molecule has 6 heteroatoms. The second-order valence-corrected chi connectivity index (χ2v) is 5.41. The van der Waals surface area contributed by atoms with E-state index >= 15 is 0 Å². The Labute approximate surface area is 146 Å². The number of ether oxygens (including phenoxy) is 2. The van der Waals surface area contributed by atoms with Crippen LogP contribution >= 0.6 is 0 Å². The molecular weight excluding hydrogens is 320 g/mol. The third-order valence-corrected chi connectivity index (χ3v) is 3.58. The van der Waals surface area contributed by atoms with Crippen LogP contribution in [0, 0.1) is 18.3 Å². The van der Waals surface area contributed by atoms with Gasteiger partial charge in [-0.25, -0.2) is 4.79 Å². The summed E-state index contributed by atoms with van der Waals surface area (Å²) < 4.78 is 10.3. The normalized spacial score (nSPS) is 11.1. The Kier molecular flexibility index (Phi) is 5.75. The SMILES string of the molecule is COC(=O)c1ccc(C)c(NC(=O)[C@@H](C)Oc2ccc(C#N)cc2)c1. The number of carbonyl (C=O) groups excluding carboxylic acids is 2. The van der Waals surface area contributed by atoms with Crippen LogP contribution in [0.1, 0.15) is 28.4 Å². The van der Waals surface area contributed by atoms with Crippen molar-refractivity contribution < 1.29 is 19.1 Å². The van der Waals surface area contributed by atoms with Gasteiger partial charge >= 0.3 is 5.97 Å². The highest BCUT2D eigenvalue weighted by Gasteiger charge is 2.17. The fourth-order valence-electron chi connectivity index (χ4n) is 2.10. The van der Waals surface area contributed by atoms with Crippen LogP contribution in [0.3, 0.4) is 0 Å². The van der Waals surface area contributed by atoms with E-state index in [1.807, 2.05) is 13.0 Å². The minimum atomic E-state index is -0.755. The van der Waals surface area contributed by atoms with Crippen LogP contribution in [0.4, 0.5) is 5.69 Å². The predicted molar refractivity (Wildman–Crippen MR) is 92.4 cm³/mol. The molecule has 0 aliphatic heterocycles. The van der Waals surface area contributed by atoms with Crippen molar-refractivity contribution in [2.75, 3.05) is 12.4 Å². The van der Waals surface area contributed by atoms with Crippen LogP contribution < -0.4 is 10.1 Å². The van der Waals surface area contributed by atoms with Gasteiger partial charge in [0.25, 0.3) is 5.91 Å². The molecule has 0 fully saturated rings. The molecule has 0 aliphatic rings. The summed E-state index contributed by atoms with van der Waals surface area (Å²) in [6.07, 6.45) is -0.755. The Hall–Kier alpha value is -3.33. The molecule has 1 amide bonds. The number of nitrogens with zero attached hydrogens (tertiary/aromatic N) is 1. The zero-order valence-corrected chi connectivity index (χ0v) is 14.2. The minimum Gasteiger partial charge on any atom is -0.481 e. The topological polar surface area (TPSA) is 88.4 Å². The highest BCUT2D eigenvalue weighted by Crippen LogP contribution is 2.19. The van der Waals surface area contributed by atoms with E-state index in [4.69, 9.17) is 10.00 Å². The molecule has 2 rings (SSSR count). The first-order valence-electron chi connectivity index (χ1n) is 7.61. The molecule has 25 heavy (non-hydrogen) atoms. The highest BCUT2D eigenvalue weighted by molar-refractivity contribution is 5.97. The maximum Gasteiger partial charge on any atom is 0.337 e. The summed E-state index contributed by atoms with van der Waals surface area (Å²) in [4.78, 5) is 23.9. The Morgan fingerprint density at radius 3 is 2.44 bits per heavy atom. The van der Waals surface area contributed by atoms with Crippen LogP contribution in [-0.4, -0.2) is 25.1 Å². The summed E-state index contributed by atoms with van der Waals surface area (Å²) in [5.74, 6) is -0.339. The number of nitrogens with one attached hydrogen (secondary N) is 1. The molecule has 128 valence electrons.